The van der Waals surface area contributed by atoms with E-state index in [1.807, 2.05) is 12.1 Å². The summed E-state index contributed by atoms with van der Waals surface area (Å²) in [5.74, 6) is -1.13. The Hall–Kier alpha value is -1.84. The zero-order valence-corrected chi connectivity index (χ0v) is 13.5. The van der Waals surface area contributed by atoms with Crippen LogP contribution >= 0.6 is 0 Å². The zero-order chi connectivity index (χ0) is 16.3. The third-order valence-corrected chi connectivity index (χ3v) is 3.95. The van der Waals surface area contributed by atoms with Gasteiger partial charge in [-0.15, -0.1) is 0 Å². The summed E-state index contributed by atoms with van der Waals surface area (Å²) in [6, 6.07) is 7.43. The van der Waals surface area contributed by atoms with E-state index in [0.29, 0.717) is 12.0 Å². The molecule has 0 fully saturated rings. The van der Waals surface area contributed by atoms with Crippen molar-refractivity contribution in [2.45, 2.75) is 46.5 Å². The molecule has 1 aromatic carbocycles. The van der Waals surface area contributed by atoms with Crippen molar-refractivity contribution in [1.29, 1.82) is 0 Å². The molecule has 1 rings (SSSR count). The molecule has 0 aliphatic heterocycles. The number of nitrogens with one attached hydrogen (secondary N) is 1. The highest BCUT2D eigenvalue weighted by molar-refractivity contribution is 5.94. The number of hydrogen-bond acceptors (Lipinski definition) is 2. The van der Waals surface area contributed by atoms with Crippen LogP contribution in [0.2, 0.25) is 0 Å². The second-order valence-corrected chi connectivity index (χ2v) is 6.73. The molecule has 4 nitrogen and oxygen atoms in total. The Bertz CT molecular complexity index is 514. The molecule has 1 atom stereocenters. The van der Waals surface area contributed by atoms with Gasteiger partial charge < -0.3 is 10.4 Å². The Kier molecular flexibility index (Phi) is 5.15. The van der Waals surface area contributed by atoms with Crippen LogP contribution in [-0.2, 0) is 10.2 Å². The lowest BCUT2D eigenvalue weighted by atomic mass is 9.86. The fourth-order valence-corrected chi connectivity index (χ4v) is 1.85. The van der Waals surface area contributed by atoms with Crippen LogP contribution in [0.1, 0.15) is 57.0 Å². The lowest BCUT2D eigenvalue weighted by molar-refractivity contribution is -0.147. The number of aliphatic carboxylic acids is 1. The first kappa shape index (κ1) is 17.2. The van der Waals surface area contributed by atoms with Crippen LogP contribution in [0.25, 0.3) is 0 Å². The van der Waals surface area contributed by atoms with Gasteiger partial charge in [-0.1, -0.05) is 39.8 Å². The summed E-state index contributed by atoms with van der Waals surface area (Å²) in [5.41, 5.74) is 0.815. The molecular formula is C17H25NO3. The molecule has 0 spiro atoms. The molecule has 1 unspecified atom stereocenters. The van der Waals surface area contributed by atoms with Crippen molar-refractivity contribution in [1.82, 2.24) is 5.32 Å². The van der Waals surface area contributed by atoms with Crippen molar-refractivity contribution >= 4 is 11.9 Å². The number of amides is 1. The maximum absolute atomic E-state index is 12.1. The molecule has 0 saturated heterocycles. The van der Waals surface area contributed by atoms with Crippen LogP contribution in [0, 0.1) is 5.41 Å². The Balaban J connectivity index is 2.75. The molecule has 116 valence electrons. The molecular weight excluding hydrogens is 266 g/mol. The normalized spacial score (nSPS) is 14.3. The summed E-state index contributed by atoms with van der Waals surface area (Å²) >= 11 is 0. The van der Waals surface area contributed by atoms with Crippen molar-refractivity contribution in [2.75, 3.05) is 6.54 Å². The van der Waals surface area contributed by atoms with E-state index in [9.17, 15) is 14.7 Å². The van der Waals surface area contributed by atoms with Crippen molar-refractivity contribution in [2.24, 2.45) is 5.41 Å². The maximum Gasteiger partial charge on any atom is 0.311 e. The number of carbonyl (C=O) groups excluding carboxylic acids is 1. The SMILES string of the molecule is CCC(C)(CNC(=O)c1ccc(C(C)(C)C)cc1)C(=O)O. The smallest absolute Gasteiger partial charge is 0.311 e. The van der Waals surface area contributed by atoms with Crippen LogP contribution in [0.3, 0.4) is 0 Å². The lowest BCUT2D eigenvalue weighted by Gasteiger charge is -2.23. The second kappa shape index (κ2) is 6.29. The number of carbonyl (C=O) groups is 2. The fraction of sp³-hybridized carbons (Fsp3) is 0.529. The summed E-state index contributed by atoms with van der Waals surface area (Å²) in [4.78, 5) is 23.3. The van der Waals surface area contributed by atoms with Gasteiger partial charge in [-0.2, -0.15) is 0 Å². The third kappa shape index (κ3) is 4.31. The average Bonchev–Trinajstić information content (AvgIpc) is 2.43. The number of carboxylic acids is 1. The molecule has 1 amide bonds. The minimum Gasteiger partial charge on any atom is -0.481 e. The van der Waals surface area contributed by atoms with Gasteiger partial charge in [0.2, 0.25) is 0 Å². The van der Waals surface area contributed by atoms with Gasteiger partial charge in [-0.05, 0) is 36.5 Å². The highest BCUT2D eigenvalue weighted by Crippen LogP contribution is 2.23. The molecule has 0 aromatic heterocycles. The quantitative estimate of drug-likeness (QED) is 0.875. The van der Waals surface area contributed by atoms with Crippen LogP contribution < -0.4 is 5.32 Å². The summed E-state index contributed by atoms with van der Waals surface area (Å²) < 4.78 is 0. The van der Waals surface area contributed by atoms with E-state index >= 15 is 0 Å². The number of hydrogen-bond donors (Lipinski definition) is 2. The lowest BCUT2D eigenvalue weighted by Crippen LogP contribution is -2.40. The molecule has 0 aliphatic carbocycles. The van der Waals surface area contributed by atoms with Crippen LogP contribution in [-0.4, -0.2) is 23.5 Å². The topological polar surface area (TPSA) is 66.4 Å². The van der Waals surface area contributed by atoms with E-state index in [2.05, 4.69) is 26.1 Å². The minimum absolute atomic E-state index is 0.0408. The predicted molar refractivity (Wildman–Crippen MR) is 83.5 cm³/mol. The van der Waals surface area contributed by atoms with E-state index in [4.69, 9.17) is 0 Å². The first-order valence-corrected chi connectivity index (χ1v) is 7.22. The highest BCUT2D eigenvalue weighted by Gasteiger charge is 2.31. The van der Waals surface area contributed by atoms with Crippen LogP contribution in [0.5, 0.6) is 0 Å². The van der Waals surface area contributed by atoms with Crippen molar-refractivity contribution in [3.05, 3.63) is 35.4 Å². The molecule has 4 heteroatoms. The molecule has 2 N–H and O–H groups in total. The van der Waals surface area contributed by atoms with Gasteiger partial charge in [0.05, 0.1) is 5.41 Å². The first-order chi connectivity index (χ1) is 9.60. The Labute approximate surface area is 126 Å². The Morgan fingerprint density at radius 3 is 2.00 bits per heavy atom. The first-order valence-electron chi connectivity index (χ1n) is 7.22. The minimum atomic E-state index is -0.930. The van der Waals surface area contributed by atoms with Crippen LogP contribution in [0.15, 0.2) is 24.3 Å². The van der Waals surface area contributed by atoms with E-state index in [1.165, 1.54) is 0 Å². The number of carboxylic acid groups (broad SMARTS) is 1. The second-order valence-electron chi connectivity index (χ2n) is 6.73. The predicted octanol–water partition coefficient (Wildman–Crippen LogP) is 3.21. The van der Waals surface area contributed by atoms with E-state index < -0.39 is 11.4 Å². The molecule has 0 radical (unpaired) electrons. The Morgan fingerprint density at radius 1 is 1.10 bits per heavy atom. The number of rotatable bonds is 5. The summed E-state index contributed by atoms with van der Waals surface area (Å²) in [6.07, 6.45) is 0.464. The molecule has 0 aliphatic rings. The van der Waals surface area contributed by atoms with Gasteiger partial charge in [-0.3, -0.25) is 9.59 Å². The van der Waals surface area contributed by atoms with E-state index in [1.54, 1.807) is 26.0 Å². The van der Waals surface area contributed by atoms with Crippen molar-refractivity contribution < 1.29 is 14.7 Å². The monoisotopic (exact) mass is 291 g/mol. The Morgan fingerprint density at radius 2 is 1.62 bits per heavy atom. The summed E-state index contributed by atoms with van der Waals surface area (Å²) in [7, 11) is 0. The van der Waals surface area contributed by atoms with Gasteiger partial charge in [0.15, 0.2) is 0 Å². The maximum atomic E-state index is 12.1. The third-order valence-electron chi connectivity index (χ3n) is 3.95. The molecule has 0 saturated carbocycles. The van der Waals surface area contributed by atoms with Crippen molar-refractivity contribution in [3.63, 3.8) is 0 Å². The van der Waals surface area contributed by atoms with Gasteiger partial charge in [0.1, 0.15) is 0 Å². The van der Waals surface area contributed by atoms with E-state index in [-0.39, 0.29) is 17.9 Å². The highest BCUT2D eigenvalue weighted by atomic mass is 16.4. The zero-order valence-electron chi connectivity index (χ0n) is 13.5. The molecule has 21 heavy (non-hydrogen) atoms. The van der Waals surface area contributed by atoms with E-state index in [0.717, 1.165) is 5.56 Å². The van der Waals surface area contributed by atoms with Gasteiger partial charge in [0, 0.05) is 12.1 Å². The number of benzene rings is 1. The summed E-state index contributed by atoms with van der Waals surface area (Å²) in [5, 5.41) is 11.9. The molecule has 0 bridgehead atoms. The standard InChI is InChI=1S/C17H25NO3/c1-6-17(5,15(20)21)11-18-14(19)12-7-9-13(10-8-12)16(2,3)4/h7-10H,6,11H2,1-5H3,(H,18,19)(H,20,21). The van der Waals surface area contributed by atoms with Gasteiger partial charge >= 0.3 is 5.97 Å². The average molecular weight is 291 g/mol. The van der Waals surface area contributed by atoms with Crippen LogP contribution in [0.4, 0.5) is 0 Å². The molecule has 1 aromatic rings. The van der Waals surface area contributed by atoms with Crippen molar-refractivity contribution in [3.8, 4) is 0 Å². The fourth-order valence-electron chi connectivity index (χ4n) is 1.85. The van der Waals surface area contributed by atoms with Gasteiger partial charge in [-0.25, -0.2) is 0 Å². The summed E-state index contributed by atoms with van der Waals surface area (Å²) in [6.45, 7) is 9.90. The van der Waals surface area contributed by atoms with Gasteiger partial charge in [0.25, 0.3) is 5.91 Å². The molecule has 0 heterocycles. The largest absolute Gasteiger partial charge is 0.481 e.